The number of carbonyl (C=O) groups is 1. The van der Waals surface area contributed by atoms with Crippen LogP contribution in [0.25, 0.3) is 0 Å². The van der Waals surface area contributed by atoms with Crippen molar-refractivity contribution in [1.29, 1.82) is 0 Å². The van der Waals surface area contributed by atoms with Gasteiger partial charge in [-0.2, -0.15) is 0 Å². The van der Waals surface area contributed by atoms with E-state index in [1.54, 1.807) is 18.2 Å². The fraction of sp³-hybridized carbons (Fsp3) is 0.417. The normalized spacial score (nSPS) is 11.1. The highest BCUT2D eigenvalue weighted by molar-refractivity contribution is 5.80. The molecule has 0 spiro atoms. The molecular formula is C12H16O3. The number of rotatable bonds is 3. The van der Waals surface area contributed by atoms with Gasteiger partial charge in [-0.15, -0.1) is 0 Å². The van der Waals surface area contributed by atoms with E-state index in [2.05, 4.69) is 0 Å². The summed E-state index contributed by atoms with van der Waals surface area (Å²) >= 11 is 0. The standard InChI is InChI=1S/C12H16O3/c1-12(2,3)8-15-10-6-4-5-9(7-13)11(10)14/h4-7,14H,8H2,1-3H3. The summed E-state index contributed by atoms with van der Waals surface area (Å²) in [5, 5.41) is 9.63. The van der Waals surface area contributed by atoms with Crippen LogP contribution in [-0.2, 0) is 0 Å². The Balaban J connectivity index is 2.82. The summed E-state index contributed by atoms with van der Waals surface area (Å²) in [7, 11) is 0. The van der Waals surface area contributed by atoms with Gasteiger partial charge in [-0.1, -0.05) is 26.8 Å². The number of ether oxygens (including phenoxy) is 1. The molecular weight excluding hydrogens is 192 g/mol. The number of benzene rings is 1. The first kappa shape index (κ1) is 11.6. The van der Waals surface area contributed by atoms with Gasteiger partial charge in [-0.05, 0) is 17.5 Å². The first-order valence-corrected chi connectivity index (χ1v) is 4.84. The predicted molar refractivity (Wildman–Crippen MR) is 58.4 cm³/mol. The van der Waals surface area contributed by atoms with Crippen molar-refractivity contribution in [3.05, 3.63) is 23.8 Å². The lowest BCUT2D eigenvalue weighted by molar-refractivity contribution is 0.111. The smallest absolute Gasteiger partial charge is 0.168 e. The van der Waals surface area contributed by atoms with Gasteiger partial charge in [0.2, 0.25) is 0 Å². The average molecular weight is 208 g/mol. The zero-order valence-electron chi connectivity index (χ0n) is 9.28. The molecule has 15 heavy (non-hydrogen) atoms. The maximum absolute atomic E-state index is 10.6. The first-order valence-electron chi connectivity index (χ1n) is 4.84. The van der Waals surface area contributed by atoms with Gasteiger partial charge >= 0.3 is 0 Å². The van der Waals surface area contributed by atoms with Crippen LogP contribution in [-0.4, -0.2) is 18.0 Å². The summed E-state index contributed by atoms with van der Waals surface area (Å²) in [6, 6.07) is 4.88. The molecule has 0 radical (unpaired) electrons. The van der Waals surface area contributed by atoms with Gasteiger partial charge in [-0.25, -0.2) is 0 Å². The molecule has 0 unspecified atom stereocenters. The quantitative estimate of drug-likeness (QED) is 0.777. The zero-order chi connectivity index (χ0) is 11.5. The minimum atomic E-state index is -0.0863. The predicted octanol–water partition coefficient (Wildman–Crippen LogP) is 2.63. The zero-order valence-corrected chi connectivity index (χ0v) is 9.28. The van der Waals surface area contributed by atoms with Crippen molar-refractivity contribution < 1.29 is 14.6 Å². The monoisotopic (exact) mass is 208 g/mol. The maximum Gasteiger partial charge on any atom is 0.168 e. The Bertz CT molecular complexity index is 350. The number of hydrogen-bond acceptors (Lipinski definition) is 3. The third-order valence-corrected chi connectivity index (χ3v) is 1.82. The van der Waals surface area contributed by atoms with Gasteiger partial charge in [0.15, 0.2) is 17.8 Å². The first-order chi connectivity index (χ1) is 6.94. The molecule has 0 heterocycles. The molecule has 82 valence electrons. The number of aromatic hydroxyl groups is 1. The molecule has 3 heteroatoms. The second-order valence-electron chi connectivity index (χ2n) is 4.66. The van der Waals surface area contributed by atoms with Gasteiger partial charge in [-0.3, -0.25) is 4.79 Å². The van der Waals surface area contributed by atoms with E-state index < -0.39 is 0 Å². The summed E-state index contributed by atoms with van der Waals surface area (Å²) in [5.74, 6) is 0.270. The van der Waals surface area contributed by atoms with E-state index in [0.717, 1.165) is 0 Å². The van der Waals surface area contributed by atoms with Crippen molar-refractivity contribution in [2.45, 2.75) is 20.8 Å². The van der Waals surface area contributed by atoms with E-state index in [-0.39, 0.29) is 16.7 Å². The molecule has 1 N–H and O–H groups in total. The number of carbonyl (C=O) groups excluding carboxylic acids is 1. The Kier molecular flexibility index (Phi) is 3.35. The van der Waals surface area contributed by atoms with Crippen molar-refractivity contribution in [1.82, 2.24) is 0 Å². The van der Waals surface area contributed by atoms with E-state index in [4.69, 9.17) is 4.74 Å². The van der Waals surface area contributed by atoms with Crippen LogP contribution in [0.2, 0.25) is 0 Å². The van der Waals surface area contributed by atoms with Gasteiger partial charge in [0.25, 0.3) is 0 Å². The van der Waals surface area contributed by atoms with Crippen LogP contribution in [0.5, 0.6) is 11.5 Å². The summed E-state index contributed by atoms with van der Waals surface area (Å²) in [6.07, 6.45) is 0.610. The van der Waals surface area contributed by atoms with Crippen LogP contribution in [0.3, 0.4) is 0 Å². The fourth-order valence-corrected chi connectivity index (χ4v) is 1.05. The molecule has 0 atom stereocenters. The Labute approximate surface area is 89.7 Å². The van der Waals surface area contributed by atoms with Crippen LogP contribution in [0.1, 0.15) is 31.1 Å². The molecule has 0 aromatic heterocycles. The summed E-state index contributed by atoms with van der Waals surface area (Å²) in [5.41, 5.74) is 0.269. The van der Waals surface area contributed by atoms with E-state index in [0.29, 0.717) is 18.6 Å². The summed E-state index contributed by atoms with van der Waals surface area (Å²) in [4.78, 5) is 10.6. The molecule has 0 bridgehead atoms. The molecule has 0 saturated heterocycles. The third kappa shape index (κ3) is 3.27. The number of phenolic OH excluding ortho intramolecular Hbond substituents is 1. The van der Waals surface area contributed by atoms with Gasteiger partial charge in [0.05, 0.1) is 12.2 Å². The largest absolute Gasteiger partial charge is 0.504 e. The molecule has 1 aromatic rings. The number of hydrogen-bond donors (Lipinski definition) is 1. The average Bonchev–Trinajstić information content (AvgIpc) is 2.15. The lowest BCUT2D eigenvalue weighted by Gasteiger charge is -2.19. The minimum absolute atomic E-state index is 0.0175. The molecule has 0 fully saturated rings. The van der Waals surface area contributed by atoms with Gasteiger partial charge in [0, 0.05) is 0 Å². The molecule has 0 aliphatic carbocycles. The van der Waals surface area contributed by atoms with Crippen molar-refractivity contribution in [2.75, 3.05) is 6.61 Å². The highest BCUT2D eigenvalue weighted by Gasteiger charge is 2.13. The van der Waals surface area contributed by atoms with Crippen molar-refractivity contribution in [3.63, 3.8) is 0 Å². The lowest BCUT2D eigenvalue weighted by Crippen LogP contribution is -2.16. The number of para-hydroxylation sites is 1. The van der Waals surface area contributed by atoms with Crippen LogP contribution >= 0.6 is 0 Å². The molecule has 1 rings (SSSR count). The highest BCUT2D eigenvalue weighted by atomic mass is 16.5. The van der Waals surface area contributed by atoms with Crippen molar-refractivity contribution >= 4 is 6.29 Å². The molecule has 3 nitrogen and oxygen atoms in total. The van der Waals surface area contributed by atoms with E-state index in [1.807, 2.05) is 20.8 Å². The van der Waals surface area contributed by atoms with Gasteiger partial charge < -0.3 is 9.84 Å². The van der Waals surface area contributed by atoms with E-state index >= 15 is 0 Å². The third-order valence-electron chi connectivity index (χ3n) is 1.82. The highest BCUT2D eigenvalue weighted by Crippen LogP contribution is 2.29. The van der Waals surface area contributed by atoms with Crippen LogP contribution in [0.4, 0.5) is 0 Å². The topological polar surface area (TPSA) is 46.5 Å². The van der Waals surface area contributed by atoms with Crippen LogP contribution in [0, 0.1) is 5.41 Å². The Morgan fingerprint density at radius 2 is 2.07 bits per heavy atom. The summed E-state index contributed by atoms with van der Waals surface area (Å²) in [6.45, 7) is 6.59. The van der Waals surface area contributed by atoms with Crippen molar-refractivity contribution in [3.8, 4) is 11.5 Å². The molecule has 1 aromatic carbocycles. The second kappa shape index (κ2) is 4.34. The Morgan fingerprint density at radius 1 is 1.40 bits per heavy atom. The summed E-state index contributed by atoms with van der Waals surface area (Å²) < 4.78 is 5.43. The number of aldehydes is 1. The molecule has 0 aliphatic heterocycles. The second-order valence-corrected chi connectivity index (χ2v) is 4.66. The van der Waals surface area contributed by atoms with E-state index in [9.17, 15) is 9.90 Å². The minimum Gasteiger partial charge on any atom is -0.504 e. The molecule has 0 amide bonds. The lowest BCUT2D eigenvalue weighted by atomic mass is 9.99. The van der Waals surface area contributed by atoms with Gasteiger partial charge in [0.1, 0.15) is 0 Å². The SMILES string of the molecule is CC(C)(C)COc1cccc(C=O)c1O. The van der Waals surface area contributed by atoms with E-state index in [1.165, 1.54) is 0 Å². The van der Waals surface area contributed by atoms with Crippen molar-refractivity contribution in [2.24, 2.45) is 5.41 Å². The van der Waals surface area contributed by atoms with Crippen LogP contribution in [0.15, 0.2) is 18.2 Å². The maximum atomic E-state index is 10.6. The van der Waals surface area contributed by atoms with Crippen LogP contribution < -0.4 is 4.74 Å². The Morgan fingerprint density at radius 3 is 2.60 bits per heavy atom. The molecule has 0 aliphatic rings. The number of phenols is 1. The molecule has 0 saturated carbocycles. The Hall–Kier alpha value is -1.51. The fourth-order valence-electron chi connectivity index (χ4n) is 1.05.